The first-order valence-electron chi connectivity index (χ1n) is 5.83. The van der Waals surface area contributed by atoms with E-state index in [0.29, 0.717) is 0 Å². The molecule has 1 aromatic rings. The van der Waals surface area contributed by atoms with Gasteiger partial charge in [0.15, 0.2) is 6.04 Å². The topological polar surface area (TPSA) is 112 Å². The Morgan fingerprint density at radius 3 is 2.63 bits per heavy atom. The predicted molar refractivity (Wildman–Crippen MR) is 70.1 cm³/mol. The fourth-order valence-electron chi connectivity index (χ4n) is 1.33. The highest BCUT2D eigenvalue weighted by Gasteiger charge is 2.20. The molecule has 2 amide bonds. The maximum absolute atomic E-state index is 11.6. The molecule has 1 aromatic heterocycles. The third-order valence-electron chi connectivity index (χ3n) is 2.42. The van der Waals surface area contributed by atoms with Gasteiger partial charge in [-0.3, -0.25) is 0 Å². The molecular weight excluding hydrogens is 270 g/mol. The zero-order valence-electron chi connectivity index (χ0n) is 10.7. The molecule has 8 heteroatoms. The number of aromatic nitrogens is 1. The second-order valence-corrected chi connectivity index (χ2v) is 5.08. The summed E-state index contributed by atoms with van der Waals surface area (Å²) in [6.45, 7) is 3.11. The van der Waals surface area contributed by atoms with Gasteiger partial charge in [0.25, 0.3) is 0 Å². The highest BCUT2D eigenvalue weighted by Crippen LogP contribution is 2.19. The Bertz CT molecular complexity index is 449. The quantitative estimate of drug-likeness (QED) is 0.609. The minimum Gasteiger partial charge on any atom is -0.480 e. The first-order chi connectivity index (χ1) is 8.97. The number of carbonyl (C=O) groups is 2. The number of nitrogens with zero attached hydrogens (tertiary/aromatic N) is 1. The Balaban J connectivity index is 2.54. The van der Waals surface area contributed by atoms with Crippen LogP contribution >= 0.6 is 11.3 Å². The average Bonchev–Trinajstić information content (AvgIpc) is 2.84. The van der Waals surface area contributed by atoms with Crippen LogP contribution in [0, 0.1) is 0 Å². The van der Waals surface area contributed by atoms with E-state index in [1.807, 2.05) is 6.92 Å². The van der Waals surface area contributed by atoms with Crippen molar-refractivity contribution in [1.29, 1.82) is 0 Å². The molecule has 19 heavy (non-hydrogen) atoms. The van der Waals surface area contributed by atoms with E-state index in [4.69, 9.17) is 10.2 Å². The number of carboxylic acids is 1. The number of urea groups is 1. The van der Waals surface area contributed by atoms with Crippen LogP contribution in [0.2, 0.25) is 0 Å². The number of aliphatic carboxylic acids is 1. The molecule has 0 saturated carbocycles. The molecule has 1 heterocycles. The number of carboxylic acid groups (broad SMARTS) is 1. The van der Waals surface area contributed by atoms with Crippen LogP contribution in [0.4, 0.5) is 4.79 Å². The normalized spacial score (nSPS) is 13.6. The van der Waals surface area contributed by atoms with Gasteiger partial charge in [0.1, 0.15) is 5.01 Å². The summed E-state index contributed by atoms with van der Waals surface area (Å²) in [5.41, 5.74) is 0. The summed E-state index contributed by atoms with van der Waals surface area (Å²) < 4.78 is 0. The molecule has 2 atom stereocenters. The van der Waals surface area contributed by atoms with Gasteiger partial charge in [-0.25, -0.2) is 14.6 Å². The molecule has 0 aliphatic carbocycles. The highest BCUT2D eigenvalue weighted by molar-refractivity contribution is 7.11. The Labute approximate surface area is 114 Å². The molecule has 0 aliphatic rings. The number of aliphatic hydroxyl groups excluding tert-OH is 1. The molecule has 7 nitrogen and oxygen atoms in total. The van der Waals surface area contributed by atoms with Gasteiger partial charge in [-0.1, -0.05) is 6.92 Å². The van der Waals surface area contributed by atoms with Gasteiger partial charge in [-0.05, 0) is 13.3 Å². The minimum atomic E-state index is -1.31. The maximum atomic E-state index is 11.6. The predicted octanol–water partition coefficient (Wildman–Crippen LogP) is 0.511. The number of carbonyl (C=O) groups excluding carboxylic acids is 1. The van der Waals surface area contributed by atoms with Gasteiger partial charge >= 0.3 is 12.0 Å². The van der Waals surface area contributed by atoms with Crippen LogP contribution in [-0.4, -0.2) is 39.8 Å². The summed E-state index contributed by atoms with van der Waals surface area (Å²) in [6, 6.07) is -2.28. The van der Waals surface area contributed by atoms with Crippen LogP contribution in [-0.2, 0) is 11.2 Å². The lowest BCUT2D eigenvalue weighted by atomic mass is 10.3. The molecule has 0 radical (unpaired) electrons. The van der Waals surface area contributed by atoms with Crippen molar-refractivity contribution >= 4 is 23.3 Å². The zero-order valence-corrected chi connectivity index (χ0v) is 11.5. The molecule has 0 aromatic carbocycles. The van der Waals surface area contributed by atoms with Crippen LogP contribution in [0.25, 0.3) is 0 Å². The smallest absolute Gasteiger partial charge is 0.328 e. The number of rotatable bonds is 6. The van der Waals surface area contributed by atoms with Crippen molar-refractivity contribution in [2.24, 2.45) is 0 Å². The Hall–Kier alpha value is -1.67. The number of nitrogens with one attached hydrogen (secondary N) is 2. The Morgan fingerprint density at radius 2 is 2.16 bits per heavy atom. The fourth-order valence-corrected chi connectivity index (χ4v) is 2.19. The Morgan fingerprint density at radius 1 is 1.47 bits per heavy atom. The molecule has 0 fully saturated rings. The summed E-state index contributed by atoms with van der Waals surface area (Å²) in [4.78, 5) is 27.5. The lowest BCUT2D eigenvalue weighted by Crippen LogP contribution is -2.48. The lowest BCUT2D eigenvalue weighted by Gasteiger charge is -2.15. The van der Waals surface area contributed by atoms with Crippen molar-refractivity contribution in [3.63, 3.8) is 0 Å². The maximum Gasteiger partial charge on any atom is 0.328 e. The van der Waals surface area contributed by atoms with Crippen molar-refractivity contribution in [3.8, 4) is 0 Å². The van der Waals surface area contributed by atoms with Gasteiger partial charge in [0, 0.05) is 11.1 Å². The van der Waals surface area contributed by atoms with E-state index >= 15 is 0 Å². The first kappa shape index (κ1) is 15.4. The second kappa shape index (κ2) is 7.05. The van der Waals surface area contributed by atoms with Gasteiger partial charge in [-0.15, -0.1) is 11.3 Å². The molecule has 1 rings (SSSR count). The summed E-state index contributed by atoms with van der Waals surface area (Å²) in [6.07, 6.45) is 2.63. The number of aliphatic hydroxyl groups is 1. The minimum absolute atomic E-state index is 0.321. The molecule has 0 saturated heterocycles. The van der Waals surface area contributed by atoms with Gasteiger partial charge in [-0.2, -0.15) is 0 Å². The first-order valence-corrected chi connectivity index (χ1v) is 6.64. The largest absolute Gasteiger partial charge is 0.480 e. The highest BCUT2D eigenvalue weighted by atomic mass is 32.1. The van der Waals surface area contributed by atoms with Crippen molar-refractivity contribution in [2.45, 2.75) is 32.4 Å². The van der Waals surface area contributed by atoms with Crippen molar-refractivity contribution in [2.75, 3.05) is 6.61 Å². The third kappa shape index (κ3) is 4.49. The summed E-state index contributed by atoms with van der Waals surface area (Å²) in [5, 5.41) is 23.0. The molecule has 106 valence electrons. The van der Waals surface area contributed by atoms with Crippen LogP contribution in [0.1, 0.15) is 29.8 Å². The van der Waals surface area contributed by atoms with Crippen LogP contribution in [0.3, 0.4) is 0 Å². The van der Waals surface area contributed by atoms with Crippen molar-refractivity contribution in [1.82, 2.24) is 15.6 Å². The van der Waals surface area contributed by atoms with E-state index in [1.165, 1.54) is 11.3 Å². The average molecular weight is 287 g/mol. The molecular formula is C11H17N3O4S. The van der Waals surface area contributed by atoms with E-state index in [9.17, 15) is 9.59 Å². The van der Waals surface area contributed by atoms with Crippen LogP contribution in [0.5, 0.6) is 0 Å². The van der Waals surface area contributed by atoms with Gasteiger partial charge < -0.3 is 20.8 Å². The number of amides is 2. The molecule has 0 bridgehead atoms. The molecule has 0 spiro atoms. The second-order valence-electron chi connectivity index (χ2n) is 3.93. The number of hydrogen-bond acceptors (Lipinski definition) is 5. The van der Waals surface area contributed by atoms with Crippen molar-refractivity contribution in [3.05, 3.63) is 16.1 Å². The number of thiazole rings is 1. The molecule has 1 unspecified atom stereocenters. The monoisotopic (exact) mass is 287 g/mol. The SMILES string of the molecule is CCc1cnc(C(C)NC(=O)N[C@H](CO)C(=O)O)s1. The summed E-state index contributed by atoms with van der Waals surface area (Å²) in [5.74, 6) is -1.28. The standard InChI is InChI=1S/C11H17N3O4S/c1-3-7-4-12-9(19-7)6(2)13-11(18)14-8(5-15)10(16)17/h4,6,8,15H,3,5H2,1-2H3,(H,16,17)(H2,13,14,18)/t6?,8-/m1/s1. The summed E-state index contributed by atoms with van der Waals surface area (Å²) in [7, 11) is 0. The third-order valence-corrected chi connectivity index (χ3v) is 3.75. The van der Waals surface area contributed by atoms with Crippen LogP contribution < -0.4 is 10.6 Å². The van der Waals surface area contributed by atoms with E-state index in [2.05, 4.69) is 15.6 Å². The number of hydrogen-bond donors (Lipinski definition) is 4. The van der Waals surface area contributed by atoms with Crippen LogP contribution in [0.15, 0.2) is 6.20 Å². The lowest BCUT2D eigenvalue weighted by molar-refractivity contribution is -0.140. The van der Waals surface area contributed by atoms with E-state index in [1.54, 1.807) is 13.1 Å². The van der Waals surface area contributed by atoms with E-state index in [0.717, 1.165) is 16.3 Å². The van der Waals surface area contributed by atoms with E-state index < -0.39 is 24.6 Å². The number of aryl methyl sites for hydroxylation is 1. The molecule has 0 aliphatic heterocycles. The van der Waals surface area contributed by atoms with Crippen molar-refractivity contribution < 1.29 is 19.8 Å². The molecule has 4 N–H and O–H groups in total. The summed E-state index contributed by atoms with van der Waals surface area (Å²) >= 11 is 1.49. The zero-order chi connectivity index (χ0) is 14.4. The van der Waals surface area contributed by atoms with Gasteiger partial charge in [0.05, 0.1) is 12.6 Å². The Kier molecular flexibility index (Phi) is 5.71. The fraction of sp³-hybridized carbons (Fsp3) is 0.545. The van der Waals surface area contributed by atoms with Gasteiger partial charge in [0.2, 0.25) is 0 Å². The van der Waals surface area contributed by atoms with E-state index in [-0.39, 0.29) is 6.04 Å².